The van der Waals surface area contributed by atoms with Crippen molar-refractivity contribution in [3.05, 3.63) is 35.9 Å². The monoisotopic (exact) mass is 363 g/mol. The van der Waals surface area contributed by atoms with E-state index in [1.165, 1.54) is 0 Å². The topological polar surface area (TPSA) is 58.4 Å². The summed E-state index contributed by atoms with van der Waals surface area (Å²) in [4.78, 5) is 14.7. The van der Waals surface area contributed by atoms with Crippen molar-refractivity contribution < 1.29 is 4.79 Å². The molecular formula is C17H31Cl2N3O. The summed E-state index contributed by atoms with van der Waals surface area (Å²) in [5, 5.41) is 3.11. The molecule has 1 aromatic rings. The van der Waals surface area contributed by atoms with E-state index in [9.17, 15) is 4.79 Å². The fraction of sp³-hybridized carbons (Fsp3) is 0.588. The number of benzene rings is 1. The average Bonchev–Trinajstić information content (AvgIpc) is 2.38. The summed E-state index contributed by atoms with van der Waals surface area (Å²) < 4.78 is 0. The van der Waals surface area contributed by atoms with E-state index in [4.69, 9.17) is 5.73 Å². The van der Waals surface area contributed by atoms with Gasteiger partial charge in [-0.3, -0.25) is 4.79 Å². The van der Waals surface area contributed by atoms with Gasteiger partial charge in [0, 0.05) is 12.6 Å². The number of likely N-dealkylation sites (N-methyl/N-ethyl adjacent to an activating group) is 1. The molecule has 0 aliphatic heterocycles. The smallest absolute Gasteiger partial charge is 0.244 e. The molecule has 0 saturated heterocycles. The second-order valence-electron chi connectivity index (χ2n) is 6.63. The second-order valence-corrected chi connectivity index (χ2v) is 6.63. The first-order valence-corrected chi connectivity index (χ1v) is 7.53. The van der Waals surface area contributed by atoms with Crippen LogP contribution in [0.25, 0.3) is 0 Å². The number of rotatable bonds is 7. The average molecular weight is 364 g/mol. The minimum Gasteiger partial charge on any atom is -0.350 e. The van der Waals surface area contributed by atoms with Gasteiger partial charge in [0.1, 0.15) is 5.54 Å². The predicted octanol–water partition coefficient (Wildman–Crippen LogP) is 2.80. The number of hydrogen-bond acceptors (Lipinski definition) is 3. The standard InChI is InChI=1S/C17H29N3O.2ClH/c1-13(2)11-15(12-20(4)5)19-16(21)17(3,18)14-9-7-6-8-10-14;;/h6-10,13,15H,11-12,18H2,1-5H3,(H,19,21);2*1H. The first-order valence-electron chi connectivity index (χ1n) is 7.53. The summed E-state index contributed by atoms with van der Waals surface area (Å²) in [6.07, 6.45) is 0.939. The molecule has 0 bridgehead atoms. The van der Waals surface area contributed by atoms with Crippen molar-refractivity contribution in [2.24, 2.45) is 11.7 Å². The molecular weight excluding hydrogens is 333 g/mol. The van der Waals surface area contributed by atoms with Crippen LogP contribution in [-0.2, 0) is 10.3 Å². The Kier molecular flexibility index (Phi) is 11.6. The zero-order valence-electron chi connectivity index (χ0n) is 14.7. The lowest BCUT2D eigenvalue weighted by Gasteiger charge is -2.30. The summed E-state index contributed by atoms with van der Waals surface area (Å²) in [5.41, 5.74) is 6.08. The zero-order valence-corrected chi connectivity index (χ0v) is 16.3. The maximum absolute atomic E-state index is 12.6. The highest BCUT2D eigenvalue weighted by atomic mass is 35.5. The Morgan fingerprint density at radius 1 is 1.22 bits per heavy atom. The van der Waals surface area contributed by atoms with Crippen LogP contribution in [0.3, 0.4) is 0 Å². The number of nitrogens with zero attached hydrogens (tertiary/aromatic N) is 1. The molecule has 0 aromatic heterocycles. The lowest BCUT2D eigenvalue weighted by atomic mass is 9.91. The summed E-state index contributed by atoms with van der Waals surface area (Å²) in [6.45, 7) is 6.90. The van der Waals surface area contributed by atoms with Crippen LogP contribution in [0.4, 0.5) is 0 Å². The molecule has 23 heavy (non-hydrogen) atoms. The quantitative estimate of drug-likeness (QED) is 0.782. The fourth-order valence-electron chi connectivity index (χ4n) is 2.44. The molecule has 4 nitrogen and oxygen atoms in total. The van der Waals surface area contributed by atoms with Gasteiger partial charge in [-0.2, -0.15) is 0 Å². The third kappa shape index (κ3) is 8.02. The molecule has 134 valence electrons. The van der Waals surface area contributed by atoms with Gasteiger partial charge in [0.05, 0.1) is 0 Å². The number of halogens is 2. The first-order chi connectivity index (χ1) is 9.73. The molecule has 1 aromatic carbocycles. The number of nitrogens with two attached hydrogens (primary N) is 1. The van der Waals surface area contributed by atoms with E-state index in [0.717, 1.165) is 18.5 Å². The highest BCUT2D eigenvalue weighted by molar-refractivity contribution is 5.87. The van der Waals surface area contributed by atoms with Gasteiger partial charge in [-0.1, -0.05) is 44.2 Å². The molecule has 0 saturated carbocycles. The fourth-order valence-corrected chi connectivity index (χ4v) is 2.44. The first kappa shape index (κ1) is 24.4. The van der Waals surface area contributed by atoms with Crippen molar-refractivity contribution >= 4 is 30.7 Å². The zero-order chi connectivity index (χ0) is 16.0. The minimum atomic E-state index is -1.01. The van der Waals surface area contributed by atoms with Gasteiger partial charge in [-0.15, -0.1) is 24.8 Å². The lowest BCUT2D eigenvalue weighted by Crippen LogP contribution is -2.54. The van der Waals surface area contributed by atoms with E-state index in [-0.39, 0.29) is 36.8 Å². The van der Waals surface area contributed by atoms with Crippen LogP contribution < -0.4 is 11.1 Å². The Balaban J connectivity index is 0. The summed E-state index contributed by atoms with van der Waals surface area (Å²) in [7, 11) is 4.02. The van der Waals surface area contributed by atoms with Gasteiger partial charge >= 0.3 is 0 Å². The Labute approximate surface area is 153 Å². The highest BCUT2D eigenvalue weighted by Gasteiger charge is 2.31. The van der Waals surface area contributed by atoms with E-state index < -0.39 is 5.54 Å². The molecule has 6 heteroatoms. The van der Waals surface area contributed by atoms with Gasteiger partial charge in [-0.25, -0.2) is 0 Å². The maximum Gasteiger partial charge on any atom is 0.244 e. The number of hydrogen-bond donors (Lipinski definition) is 2. The Morgan fingerprint density at radius 3 is 2.17 bits per heavy atom. The SMILES string of the molecule is CC(C)CC(CN(C)C)NC(=O)C(C)(N)c1ccccc1.Cl.Cl. The van der Waals surface area contributed by atoms with Gasteiger partial charge in [0.2, 0.25) is 5.91 Å². The van der Waals surface area contributed by atoms with Crippen molar-refractivity contribution in [2.75, 3.05) is 20.6 Å². The van der Waals surface area contributed by atoms with Crippen LogP contribution in [-0.4, -0.2) is 37.5 Å². The molecule has 2 unspecified atom stereocenters. The number of carbonyl (C=O) groups excluding carboxylic acids is 1. The number of amides is 1. The molecule has 3 N–H and O–H groups in total. The van der Waals surface area contributed by atoms with Crippen molar-refractivity contribution in [3.63, 3.8) is 0 Å². The number of carbonyl (C=O) groups is 1. The van der Waals surface area contributed by atoms with E-state index >= 15 is 0 Å². The lowest BCUT2D eigenvalue weighted by molar-refractivity contribution is -0.127. The molecule has 1 rings (SSSR count). The van der Waals surface area contributed by atoms with Crippen LogP contribution in [0.5, 0.6) is 0 Å². The third-order valence-electron chi connectivity index (χ3n) is 3.52. The van der Waals surface area contributed by atoms with E-state index in [0.29, 0.717) is 5.92 Å². The largest absolute Gasteiger partial charge is 0.350 e. The maximum atomic E-state index is 12.6. The molecule has 2 atom stereocenters. The molecule has 0 fully saturated rings. The minimum absolute atomic E-state index is 0. The Bertz CT molecular complexity index is 440. The molecule has 0 radical (unpaired) electrons. The normalized spacial score (nSPS) is 14.4. The van der Waals surface area contributed by atoms with Gasteiger partial charge in [0.25, 0.3) is 0 Å². The van der Waals surface area contributed by atoms with E-state index in [1.54, 1.807) is 6.92 Å². The van der Waals surface area contributed by atoms with Gasteiger partial charge in [0.15, 0.2) is 0 Å². The van der Waals surface area contributed by atoms with E-state index in [1.807, 2.05) is 44.4 Å². The Morgan fingerprint density at radius 2 is 1.74 bits per heavy atom. The molecule has 0 heterocycles. The van der Waals surface area contributed by atoms with E-state index in [2.05, 4.69) is 24.1 Å². The van der Waals surface area contributed by atoms with Crippen molar-refractivity contribution in [1.82, 2.24) is 10.2 Å². The Hall–Kier alpha value is -0.810. The van der Waals surface area contributed by atoms with Gasteiger partial charge in [-0.05, 0) is 38.9 Å². The molecule has 0 aliphatic rings. The molecule has 1 amide bonds. The van der Waals surface area contributed by atoms with Crippen molar-refractivity contribution in [3.8, 4) is 0 Å². The van der Waals surface area contributed by atoms with Crippen LogP contribution in [0.15, 0.2) is 30.3 Å². The van der Waals surface area contributed by atoms with Crippen LogP contribution in [0, 0.1) is 5.92 Å². The second kappa shape index (κ2) is 10.9. The third-order valence-corrected chi connectivity index (χ3v) is 3.52. The predicted molar refractivity (Wildman–Crippen MR) is 102 cm³/mol. The van der Waals surface area contributed by atoms with Gasteiger partial charge < -0.3 is 16.0 Å². The summed E-state index contributed by atoms with van der Waals surface area (Å²) in [5.74, 6) is 0.400. The highest BCUT2D eigenvalue weighted by Crippen LogP contribution is 2.18. The van der Waals surface area contributed by atoms with Crippen LogP contribution in [0.1, 0.15) is 32.8 Å². The molecule has 0 aliphatic carbocycles. The molecule has 0 spiro atoms. The van der Waals surface area contributed by atoms with Crippen LogP contribution in [0.2, 0.25) is 0 Å². The van der Waals surface area contributed by atoms with Crippen LogP contribution >= 0.6 is 24.8 Å². The number of nitrogens with one attached hydrogen (secondary N) is 1. The summed E-state index contributed by atoms with van der Waals surface area (Å²) in [6, 6.07) is 9.62. The van der Waals surface area contributed by atoms with Crippen molar-refractivity contribution in [2.45, 2.75) is 38.8 Å². The summed E-state index contributed by atoms with van der Waals surface area (Å²) >= 11 is 0. The van der Waals surface area contributed by atoms with Crippen molar-refractivity contribution in [1.29, 1.82) is 0 Å².